The Labute approximate surface area is 117 Å². The monoisotopic (exact) mass is 277 g/mol. The molecule has 4 atom stereocenters. The van der Waals surface area contributed by atoms with Crippen molar-refractivity contribution in [2.45, 2.75) is 49.9 Å². The van der Waals surface area contributed by atoms with E-state index < -0.39 is 29.5 Å². The quantitative estimate of drug-likeness (QED) is 0.770. The zero-order valence-corrected chi connectivity index (χ0v) is 11.3. The van der Waals surface area contributed by atoms with Crippen LogP contribution in [0.3, 0.4) is 0 Å². The van der Waals surface area contributed by atoms with E-state index in [1.807, 2.05) is 17.1 Å². The minimum Gasteiger partial charge on any atom is -0.481 e. The van der Waals surface area contributed by atoms with Gasteiger partial charge in [0, 0.05) is 6.04 Å². The lowest BCUT2D eigenvalue weighted by molar-refractivity contribution is -0.148. The van der Waals surface area contributed by atoms with Crippen LogP contribution in [0.1, 0.15) is 32.1 Å². The first kappa shape index (κ1) is 12.4. The van der Waals surface area contributed by atoms with E-state index in [2.05, 4.69) is 0 Å². The van der Waals surface area contributed by atoms with Gasteiger partial charge < -0.3 is 14.7 Å². The van der Waals surface area contributed by atoms with Crippen LogP contribution < -0.4 is 0 Å². The van der Waals surface area contributed by atoms with Crippen LogP contribution in [-0.2, 0) is 14.3 Å². The van der Waals surface area contributed by atoms with Gasteiger partial charge >= 0.3 is 5.97 Å². The zero-order chi connectivity index (χ0) is 13.9. The minimum absolute atomic E-state index is 0.00356. The van der Waals surface area contributed by atoms with Gasteiger partial charge in [-0.1, -0.05) is 31.4 Å². The lowest BCUT2D eigenvalue weighted by Crippen LogP contribution is -2.42. The Balaban J connectivity index is 1.65. The van der Waals surface area contributed by atoms with Gasteiger partial charge in [0.05, 0.1) is 18.6 Å². The first-order chi connectivity index (χ1) is 9.62. The fourth-order valence-electron chi connectivity index (χ4n) is 4.51. The number of carbonyl (C=O) groups is 2. The third-order valence-electron chi connectivity index (χ3n) is 5.43. The summed E-state index contributed by atoms with van der Waals surface area (Å²) in [7, 11) is 0. The third-order valence-corrected chi connectivity index (χ3v) is 5.43. The number of hydrogen-bond donors (Lipinski definition) is 1. The van der Waals surface area contributed by atoms with E-state index in [-0.39, 0.29) is 11.9 Å². The summed E-state index contributed by atoms with van der Waals surface area (Å²) < 4.78 is 5.89. The first-order valence-electron chi connectivity index (χ1n) is 7.53. The Kier molecular flexibility index (Phi) is 2.52. The highest BCUT2D eigenvalue weighted by atomic mass is 16.5. The van der Waals surface area contributed by atoms with Gasteiger partial charge in [-0.2, -0.15) is 0 Å². The van der Waals surface area contributed by atoms with E-state index in [0.29, 0.717) is 6.54 Å². The molecule has 1 aliphatic carbocycles. The molecule has 0 aromatic carbocycles. The Hall–Kier alpha value is -1.36. The molecular weight excluding hydrogens is 258 g/mol. The molecular formula is C15H19NO4. The van der Waals surface area contributed by atoms with Crippen LogP contribution in [0.15, 0.2) is 12.2 Å². The lowest BCUT2D eigenvalue weighted by Gasteiger charge is -2.32. The number of carboxylic acids is 1. The number of nitrogens with zero attached hydrogens (tertiary/aromatic N) is 1. The van der Waals surface area contributed by atoms with Crippen LogP contribution in [0.25, 0.3) is 0 Å². The van der Waals surface area contributed by atoms with Crippen molar-refractivity contribution in [2.75, 3.05) is 6.54 Å². The summed E-state index contributed by atoms with van der Waals surface area (Å²) >= 11 is 0. The number of carbonyl (C=O) groups excluding carboxylic acids is 1. The van der Waals surface area contributed by atoms with Crippen molar-refractivity contribution in [3.63, 3.8) is 0 Å². The minimum atomic E-state index is -0.912. The summed E-state index contributed by atoms with van der Waals surface area (Å²) in [6.07, 6.45) is 8.98. The van der Waals surface area contributed by atoms with Gasteiger partial charge in [-0.25, -0.2) is 0 Å². The smallest absolute Gasteiger partial charge is 0.310 e. The van der Waals surface area contributed by atoms with E-state index in [1.165, 1.54) is 6.42 Å². The predicted octanol–water partition coefficient (Wildman–Crippen LogP) is 1.19. The van der Waals surface area contributed by atoms with Gasteiger partial charge in [-0.15, -0.1) is 0 Å². The second kappa shape index (κ2) is 4.07. The fraction of sp³-hybridized carbons (Fsp3) is 0.733. The van der Waals surface area contributed by atoms with Crippen molar-refractivity contribution in [3.8, 4) is 0 Å². The topological polar surface area (TPSA) is 66.8 Å². The molecule has 3 aliphatic heterocycles. The summed E-state index contributed by atoms with van der Waals surface area (Å²) in [4.78, 5) is 26.1. The number of rotatable bonds is 2. The van der Waals surface area contributed by atoms with Crippen LogP contribution in [-0.4, -0.2) is 46.2 Å². The van der Waals surface area contributed by atoms with Gasteiger partial charge in [0.2, 0.25) is 5.91 Å². The predicted molar refractivity (Wildman–Crippen MR) is 69.9 cm³/mol. The van der Waals surface area contributed by atoms with Crippen LogP contribution in [0.5, 0.6) is 0 Å². The maximum atomic E-state index is 12.7. The molecule has 4 aliphatic rings. The number of likely N-dealkylation sites (tertiary alicyclic amines) is 1. The van der Waals surface area contributed by atoms with Crippen molar-refractivity contribution in [1.82, 2.24) is 4.90 Å². The molecule has 1 N–H and O–H groups in total. The molecule has 1 saturated carbocycles. The summed E-state index contributed by atoms with van der Waals surface area (Å²) in [6.45, 7) is 0.540. The lowest BCUT2D eigenvalue weighted by atomic mass is 9.77. The van der Waals surface area contributed by atoms with Gasteiger partial charge in [0.25, 0.3) is 0 Å². The van der Waals surface area contributed by atoms with Gasteiger partial charge in [0.15, 0.2) is 0 Å². The Morgan fingerprint density at radius 3 is 2.80 bits per heavy atom. The number of fused-ring (bicyclic) bond motifs is 1. The molecule has 0 radical (unpaired) electrons. The van der Waals surface area contributed by atoms with Crippen molar-refractivity contribution >= 4 is 11.9 Å². The molecule has 20 heavy (non-hydrogen) atoms. The summed E-state index contributed by atoms with van der Waals surface area (Å²) in [6, 6.07) is 0.279. The summed E-state index contributed by atoms with van der Waals surface area (Å²) in [5.74, 6) is -2.14. The third kappa shape index (κ3) is 1.47. The SMILES string of the molecule is O=C(O)[C@H]1[C@@H]2C=C[C@]3(CN(C4CCCCC4)C(=O)[C@H]13)O2. The average molecular weight is 277 g/mol. The van der Waals surface area contributed by atoms with Crippen molar-refractivity contribution < 1.29 is 19.4 Å². The highest BCUT2D eigenvalue weighted by Gasteiger charge is 2.67. The van der Waals surface area contributed by atoms with E-state index >= 15 is 0 Å². The standard InChI is InChI=1S/C15H19NO4/c17-13-12-11(14(18)19)10-6-7-15(12,20-10)8-16(13)9-4-2-1-3-5-9/h6-7,9-12H,1-5,8H2,(H,18,19)/t10-,11-,12-,15+/m0/s1. The molecule has 4 rings (SSSR count). The van der Waals surface area contributed by atoms with Gasteiger partial charge in [-0.3, -0.25) is 9.59 Å². The number of carboxylic acid groups (broad SMARTS) is 1. The molecule has 5 heteroatoms. The Morgan fingerprint density at radius 1 is 1.35 bits per heavy atom. The molecule has 3 fully saturated rings. The first-order valence-corrected chi connectivity index (χ1v) is 7.53. The van der Waals surface area contributed by atoms with Crippen LogP contribution in [0.4, 0.5) is 0 Å². The maximum Gasteiger partial charge on any atom is 0.310 e. The second-order valence-electron chi connectivity index (χ2n) is 6.50. The average Bonchev–Trinajstić information content (AvgIpc) is 3.08. The number of aliphatic carboxylic acids is 1. The molecule has 3 heterocycles. The molecule has 0 aromatic rings. The van der Waals surface area contributed by atoms with Crippen LogP contribution in [0, 0.1) is 11.8 Å². The number of hydrogen-bond acceptors (Lipinski definition) is 3. The Bertz CT molecular complexity index is 496. The molecule has 1 amide bonds. The summed E-state index contributed by atoms with van der Waals surface area (Å²) in [5.41, 5.74) is -0.664. The van der Waals surface area contributed by atoms with Crippen LogP contribution in [0.2, 0.25) is 0 Å². The van der Waals surface area contributed by atoms with Crippen molar-refractivity contribution in [1.29, 1.82) is 0 Å². The number of amides is 1. The maximum absolute atomic E-state index is 12.7. The molecule has 0 unspecified atom stereocenters. The Morgan fingerprint density at radius 2 is 2.10 bits per heavy atom. The number of ether oxygens (including phenoxy) is 1. The molecule has 108 valence electrons. The zero-order valence-electron chi connectivity index (χ0n) is 11.3. The molecule has 2 saturated heterocycles. The molecule has 5 nitrogen and oxygen atoms in total. The van der Waals surface area contributed by atoms with E-state index in [9.17, 15) is 14.7 Å². The van der Waals surface area contributed by atoms with Crippen LogP contribution >= 0.6 is 0 Å². The van der Waals surface area contributed by atoms with E-state index in [0.717, 1.165) is 25.7 Å². The second-order valence-corrected chi connectivity index (χ2v) is 6.50. The fourth-order valence-corrected chi connectivity index (χ4v) is 4.51. The summed E-state index contributed by atoms with van der Waals surface area (Å²) in [5, 5.41) is 9.41. The molecule has 0 aromatic heterocycles. The highest BCUT2D eigenvalue weighted by molar-refractivity contribution is 5.91. The normalized spacial score (nSPS) is 43.3. The van der Waals surface area contributed by atoms with E-state index in [4.69, 9.17) is 4.74 Å². The van der Waals surface area contributed by atoms with Crippen molar-refractivity contribution in [2.24, 2.45) is 11.8 Å². The molecule has 2 bridgehead atoms. The van der Waals surface area contributed by atoms with Crippen molar-refractivity contribution in [3.05, 3.63) is 12.2 Å². The molecule has 1 spiro atoms. The van der Waals surface area contributed by atoms with Gasteiger partial charge in [0.1, 0.15) is 11.5 Å². The van der Waals surface area contributed by atoms with E-state index in [1.54, 1.807) is 0 Å². The highest BCUT2D eigenvalue weighted by Crippen LogP contribution is 2.52. The largest absolute Gasteiger partial charge is 0.481 e. The van der Waals surface area contributed by atoms with Gasteiger partial charge in [-0.05, 0) is 12.8 Å².